The van der Waals surface area contributed by atoms with E-state index >= 15 is 0 Å². The maximum Gasteiger partial charge on any atom is 0.127 e. The van der Waals surface area contributed by atoms with E-state index in [-0.39, 0.29) is 0 Å². The summed E-state index contributed by atoms with van der Waals surface area (Å²) in [5.74, 6) is 1.80. The summed E-state index contributed by atoms with van der Waals surface area (Å²) in [6.45, 7) is 3.09. The fraction of sp³-hybridized carbons (Fsp3) is 0.267. The Hall–Kier alpha value is -1.68. The molecule has 0 amide bonds. The fourth-order valence-electron chi connectivity index (χ4n) is 1.63. The third-order valence-corrected chi connectivity index (χ3v) is 3.54. The van der Waals surface area contributed by atoms with Crippen LogP contribution in [0.1, 0.15) is 13.3 Å². The molecule has 100 valence electrons. The van der Waals surface area contributed by atoms with Crippen molar-refractivity contribution in [2.24, 2.45) is 0 Å². The van der Waals surface area contributed by atoms with Gasteiger partial charge in [-0.25, -0.2) is 4.98 Å². The van der Waals surface area contributed by atoms with E-state index in [1.54, 1.807) is 18.9 Å². The number of ether oxygens (including phenoxy) is 1. The second-order valence-corrected chi connectivity index (χ2v) is 5.23. The zero-order valence-electron chi connectivity index (χ0n) is 11.2. The molecule has 0 unspecified atom stereocenters. The Labute approximate surface area is 118 Å². The first-order valence-electron chi connectivity index (χ1n) is 6.33. The van der Waals surface area contributed by atoms with Crippen molar-refractivity contribution in [3.63, 3.8) is 0 Å². The summed E-state index contributed by atoms with van der Waals surface area (Å²) in [5.41, 5.74) is 0. The standard InChI is InChI=1S/C15H18N2OS/c1-3-8-16-15-11-14(7-9-17-15)19-13-6-4-5-12(10-13)18-2/h4-7,9-11H,3,8H2,1-2H3,(H,16,17). The third-order valence-electron chi connectivity index (χ3n) is 2.56. The largest absolute Gasteiger partial charge is 0.497 e. The quantitative estimate of drug-likeness (QED) is 0.861. The molecule has 0 saturated carbocycles. The lowest BCUT2D eigenvalue weighted by atomic mass is 10.3. The Morgan fingerprint density at radius 2 is 2.05 bits per heavy atom. The number of hydrogen-bond donors (Lipinski definition) is 1. The average molecular weight is 274 g/mol. The lowest BCUT2D eigenvalue weighted by Gasteiger charge is -2.07. The number of rotatable bonds is 6. The normalized spacial score (nSPS) is 10.2. The van der Waals surface area contributed by atoms with Crippen LogP contribution in [-0.4, -0.2) is 18.6 Å². The summed E-state index contributed by atoms with van der Waals surface area (Å²) in [4.78, 5) is 6.63. The van der Waals surface area contributed by atoms with E-state index in [0.29, 0.717) is 0 Å². The molecule has 2 rings (SSSR count). The molecule has 0 bridgehead atoms. The second-order valence-electron chi connectivity index (χ2n) is 4.08. The lowest BCUT2D eigenvalue weighted by molar-refractivity contribution is 0.413. The minimum atomic E-state index is 0.878. The van der Waals surface area contributed by atoms with Crippen molar-refractivity contribution >= 4 is 17.6 Å². The number of benzene rings is 1. The SMILES string of the molecule is CCCNc1cc(Sc2cccc(OC)c2)ccn1. The monoisotopic (exact) mass is 274 g/mol. The van der Waals surface area contributed by atoms with Crippen molar-refractivity contribution < 1.29 is 4.74 Å². The summed E-state index contributed by atoms with van der Waals surface area (Å²) >= 11 is 1.70. The van der Waals surface area contributed by atoms with Gasteiger partial charge in [0.05, 0.1) is 7.11 Å². The molecule has 0 atom stereocenters. The van der Waals surface area contributed by atoms with E-state index in [1.807, 2.05) is 30.5 Å². The highest BCUT2D eigenvalue weighted by Crippen LogP contribution is 2.30. The Kier molecular flexibility index (Phi) is 5.10. The molecule has 1 N–H and O–H groups in total. The molecule has 3 nitrogen and oxygen atoms in total. The molecule has 0 spiro atoms. The molecule has 1 heterocycles. The van der Waals surface area contributed by atoms with Gasteiger partial charge in [-0.05, 0) is 36.8 Å². The predicted octanol–water partition coefficient (Wildman–Crippen LogP) is 4.06. The summed E-state index contributed by atoms with van der Waals surface area (Å²) < 4.78 is 5.23. The van der Waals surface area contributed by atoms with Gasteiger partial charge in [-0.3, -0.25) is 0 Å². The van der Waals surface area contributed by atoms with Crippen molar-refractivity contribution in [2.45, 2.75) is 23.1 Å². The van der Waals surface area contributed by atoms with Crippen molar-refractivity contribution in [1.82, 2.24) is 4.98 Å². The van der Waals surface area contributed by atoms with Gasteiger partial charge in [0.15, 0.2) is 0 Å². The maximum atomic E-state index is 5.23. The van der Waals surface area contributed by atoms with Crippen LogP contribution in [0.5, 0.6) is 5.75 Å². The number of nitrogens with zero attached hydrogens (tertiary/aromatic N) is 1. The van der Waals surface area contributed by atoms with Crippen LogP contribution >= 0.6 is 11.8 Å². The van der Waals surface area contributed by atoms with Crippen LogP contribution in [0.3, 0.4) is 0 Å². The fourth-order valence-corrected chi connectivity index (χ4v) is 2.52. The molecule has 0 fully saturated rings. The number of pyridine rings is 1. The zero-order valence-corrected chi connectivity index (χ0v) is 12.0. The van der Waals surface area contributed by atoms with Gasteiger partial charge in [0.25, 0.3) is 0 Å². The Balaban J connectivity index is 2.09. The first-order valence-corrected chi connectivity index (χ1v) is 7.15. The van der Waals surface area contributed by atoms with Gasteiger partial charge in [0.2, 0.25) is 0 Å². The summed E-state index contributed by atoms with van der Waals surface area (Å²) in [6, 6.07) is 12.1. The van der Waals surface area contributed by atoms with E-state index in [9.17, 15) is 0 Å². The molecular formula is C15H18N2OS. The number of aromatic nitrogens is 1. The Morgan fingerprint density at radius 1 is 1.21 bits per heavy atom. The van der Waals surface area contributed by atoms with Crippen LogP contribution in [0.4, 0.5) is 5.82 Å². The molecule has 1 aromatic heterocycles. The van der Waals surface area contributed by atoms with Crippen molar-refractivity contribution in [2.75, 3.05) is 19.0 Å². The smallest absolute Gasteiger partial charge is 0.127 e. The molecule has 2 aromatic rings. The second kappa shape index (κ2) is 7.04. The van der Waals surface area contributed by atoms with E-state index in [1.165, 1.54) is 4.90 Å². The highest BCUT2D eigenvalue weighted by Gasteiger charge is 2.01. The van der Waals surface area contributed by atoms with Gasteiger partial charge in [0.1, 0.15) is 11.6 Å². The Bertz CT molecular complexity index is 531. The molecule has 19 heavy (non-hydrogen) atoms. The number of methoxy groups -OCH3 is 1. The topological polar surface area (TPSA) is 34.1 Å². The lowest BCUT2D eigenvalue weighted by Crippen LogP contribution is -2.01. The van der Waals surface area contributed by atoms with Gasteiger partial charge in [0, 0.05) is 22.5 Å². The Morgan fingerprint density at radius 3 is 2.84 bits per heavy atom. The third kappa shape index (κ3) is 4.17. The maximum absolute atomic E-state index is 5.23. The van der Waals surface area contributed by atoms with Crippen molar-refractivity contribution in [3.8, 4) is 5.75 Å². The van der Waals surface area contributed by atoms with Gasteiger partial charge in [-0.2, -0.15) is 0 Å². The molecular weight excluding hydrogens is 256 g/mol. The van der Waals surface area contributed by atoms with E-state index in [4.69, 9.17) is 4.74 Å². The predicted molar refractivity (Wildman–Crippen MR) is 80.1 cm³/mol. The average Bonchev–Trinajstić information content (AvgIpc) is 2.46. The van der Waals surface area contributed by atoms with Gasteiger partial charge in [-0.1, -0.05) is 24.8 Å². The van der Waals surface area contributed by atoms with Crippen molar-refractivity contribution in [3.05, 3.63) is 42.6 Å². The van der Waals surface area contributed by atoms with Crippen LogP contribution in [0, 0.1) is 0 Å². The molecule has 0 radical (unpaired) electrons. The van der Waals surface area contributed by atoms with Crippen LogP contribution in [0.15, 0.2) is 52.4 Å². The number of anilines is 1. The minimum absolute atomic E-state index is 0.878. The highest BCUT2D eigenvalue weighted by atomic mass is 32.2. The van der Waals surface area contributed by atoms with Gasteiger partial charge < -0.3 is 10.1 Å². The molecule has 4 heteroatoms. The molecule has 1 aromatic carbocycles. The van der Waals surface area contributed by atoms with Crippen LogP contribution in [0.25, 0.3) is 0 Å². The molecule has 0 saturated heterocycles. The van der Waals surface area contributed by atoms with E-state index in [2.05, 4.69) is 29.4 Å². The van der Waals surface area contributed by atoms with E-state index in [0.717, 1.165) is 29.4 Å². The van der Waals surface area contributed by atoms with Crippen LogP contribution in [0.2, 0.25) is 0 Å². The zero-order chi connectivity index (χ0) is 13.5. The van der Waals surface area contributed by atoms with Gasteiger partial charge >= 0.3 is 0 Å². The summed E-state index contributed by atoms with van der Waals surface area (Å²) in [7, 11) is 1.68. The number of hydrogen-bond acceptors (Lipinski definition) is 4. The van der Waals surface area contributed by atoms with Crippen molar-refractivity contribution in [1.29, 1.82) is 0 Å². The number of nitrogens with one attached hydrogen (secondary N) is 1. The summed E-state index contributed by atoms with van der Waals surface area (Å²) in [5, 5.41) is 3.29. The van der Waals surface area contributed by atoms with Crippen LogP contribution in [-0.2, 0) is 0 Å². The summed E-state index contributed by atoms with van der Waals surface area (Å²) in [6.07, 6.45) is 2.93. The molecule has 0 aliphatic rings. The highest BCUT2D eigenvalue weighted by molar-refractivity contribution is 7.99. The van der Waals surface area contributed by atoms with E-state index < -0.39 is 0 Å². The van der Waals surface area contributed by atoms with Gasteiger partial charge in [-0.15, -0.1) is 0 Å². The van der Waals surface area contributed by atoms with Crippen LogP contribution < -0.4 is 10.1 Å². The molecule has 0 aliphatic heterocycles. The minimum Gasteiger partial charge on any atom is -0.497 e. The first kappa shape index (κ1) is 13.7. The molecule has 0 aliphatic carbocycles. The first-order chi connectivity index (χ1) is 9.31.